The van der Waals surface area contributed by atoms with Crippen molar-refractivity contribution in [1.82, 2.24) is 20.1 Å². The van der Waals surface area contributed by atoms with E-state index in [1.807, 2.05) is 0 Å². The zero-order chi connectivity index (χ0) is 14.0. The number of halogens is 1. The predicted octanol–water partition coefficient (Wildman–Crippen LogP) is -2.09. The van der Waals surface area contributed by atoms with Gasteiger partial charge in [0.1, 0.15) is 24.6 Å². The van der Waals surface area contributed by atoms with E-state index in [-0.39, 0.29) is 19.0 Å². The lowest BCUT2D eigenvalue weighted by atomic mass is 10.1. The third kappa shape index (κ3) is 2.91. The Morgan fingerprint density at radius 1 is 1.50 bits per heavy atom. The van der Waals surface area contributed by atoms with Gasteiger partial charge in [-0.2, -0.15) is 0 Å². The molecule has 0 amide bonds. The smallest absolute Gasteiger partial charge is 0.216 e. The molecular formula is C10H18ClN5O4. The Kier molecular flexibility index (Phi) is 5.84. The van der Waals surface area contributed by atoms with Crippen LogP contribution in [0.4, 0.5) is 0 Å². The fourth-order valence-corrected chi connectivity index (χ4v) is 1.93. The zero-order valence-electron chi connectivity index (χ0n) is 11.0. The highest BCUT2D eigenvalue weighted by molar-refractivity contribution is 5.94. The molecule has 0 radical (unpaired) electrons. The number of aliphatic imine (C=N–C) groups is 1. The van der Waals surface area contributed by atoms with Gasteiger partial charge in [-0.15, -0.1) is 17.5 Å². The van der Waals surface area contributed by atoms with Gasteiger partial charge in [0.25, 0.3) is 0 Å². The molecule has 114 valence electrons. The molecule has 10 heteroatoms. The number of ether oxygens (including phenoxy) is 1. The minimum atomic E-state index is -1.18. The van der Waals surface area contributed by atoms with Crippen molar-refractivity contribution >= 4 is 18.2 Å². The van der Waals surface area contributed by atoms with E-state index in [0.717, 1.165) is 0 Å². The van der Waals surface area contributed by atoms with Crippen LogP contribution in [-0.4, -0.2) is 74.9 Å². The SMILES string of the molecule is CN=C(NC)c1ncn([C@@H]2O[C@H](CO)[C@@H](O)[C@H]2O)n1.Cl. The maximum Gasteiger partial charge on any atom is 0.216 e. The van der Waals surface area contributed by atoms with Crippen LogP contribution in [0.3, 0.4) is 0 Å². The Hall–Kier alpha value is -1.26. The van der Waals surface area contributed by atoms with Crippen LogP contribution in [0.25, 0.3) is 0 Å². The van der Waals surface area contributed by atoms with Gasteiger partial charge in [0.15, 0.2) is 12.1 Å². The molecule has 0 bridgehead atoms. The average molecular weight is 308 g/mol. The Morgan fingerprint density at radius 2 is 2.20 bits per heavy atom. The first kappa shape index (κ1) is 16.8. The summed E-state index contributed by atoms with van der Waals surface area (Å²) in [4.78, 5) is 7.99. The zero-order valence-corrected chi connectivity index (χ0v) is 11.9. The first-order chi connectivity index (χ1) is 9.12. The number of rotatable bonds is 3. The molecule has 20 heavy (non-hydrogen) atoms. The van der Waals surface area contributed by atoms with E-state index < -0.39 is 24.5 Å². The number of hydrogen-bond acceptors (Lipinski definition) is 7. The number of aliphatic hydroxyl groups is 3. The van der Waals surface area contributed by atoms with E-state index in [0.29, 0.717) is 11.7 Å². The van der Waals surface area contributed by atoms with Crippen molar-refractivity contribution in [3.63, 3.8) is 0 Å². The molecule has 1 saturated heterocycles. The largest absolute Gasteiger partial charge is 0.394 e. The highest BCUT2D eigenvalue weighted by Crippen LogP contribution is 2.28. The van der Waals surface area contributed by atoms with Gasteiger partial charge in [0.05, 0.1) is 6.61 Å². The maximum absolute atomic E-state index is 9.85. The normalized spacial score (nSPS) is 30.1. The van der Waals surface area contributed by atoms with Crippen molar-refractivity contribution in [3.05, 3.63) is 12.2 Å². The average Bonchev–Trinajstić information content (AvgIpc) is 2.99. The topological polar surface area (TPSA) is 125 Å². The highest BCUT2D eigenvalue weighted by atomic mass is 35.5. The lowest BCUT2D eigenvalue weighted by Crippen LogP contribution is -2.33. The van der Waals surface area contributed by atoms with Gasteiger partial charge in [-0.3, -0.25) is 4.99 Å². The number of aromatic nitrogens is 3. The van der Waals surface area contributed by atoms with Crippen LogP contribution in [0, 0.1) is 0 Å². The van der Waals surface area contributed by atoms with Gasteiger partial charge in [-0.05, 0) is 0 Å². The van der Waals surface area contributed by atoms with E-state index >= 15 is 0 Å². The standard InChI is InChI=1S/C10H17N5O4.ClH/c1-11-8(12-2)9-13-4-15(14-9)10-7(18)6(17)5(3-16)19-10;/h4-7,10,16-18H,3H2,1-2H3,(H,11,12);1H/t5-,6-,7-,10-;/m1./s1. The van der Waals surface area contributed by atoms with E-state index in [1.165, 1.54) is 11.0 Å². The number of amidine groups is 1. The van der Waals surface area contributed by atoms with Crippen LogP contribution < -0.4 is 5.32 Å². The lowest BCUT2D eigenvalue weighted by molar-refractivity contribution is -0.0588. The van der Waals surface area contributed by atoms with Crippen molar-refractivity contribution in [2.75, 3.05) is 20.7 Å². The van der Waals surface area contributed by atoms with E-state index in [9.17, 15) is 10.2 Å². The molecule has 9 nitrogen and oxygen atoms in total. The summed E-state index contributed by atoms with van der Waals surface area (Å²) in [5.74, 6) is 0.841. The summed E-state index contributed by atoms with van der Waals surface area (Å²) >= 11 is 0. The fourth-order valence-electron chi connectivity index (χ4n) is 1.93. The summed E-state index contributed by atoms with van der Waals surface area (Å²) in [5, 5.41) is 35.5. The molecule has 1 aliphatic rings. The Morgan fingerprint density at radius 3 is 2.70 bits per heavy atom. The van der Waals surface area contributed by atoms with Gasteiger partial charge in [-0.25, -0.2) is 9.67 Å². The molecule has 2 rings (SSSR count). The number of nitrogens with one attached hydrogen (secondary N) is 1. The van der Waals surface area contributed by atoms with Gasteiger partial charge in [-0.1, -0.05) is 0 Å². The molecule has 4 atom stereocenters. The van der Waals surface area contributed by atoms with Crippen LogP contribution in [0.1, 0.15) is 12.1 Å². The van der Waals surface area contributed by atoms with Crippen molar-refractivity contribution in [1.29, 1.82) is 0 Å². The van der Waals surface area contributed by atoms with E-state index in [4.69, 9.17) is 9.84 Å². The summed E-state index contributed by atoms with van der Waals surface area (Å²) in [6.07, 6.45) is -2.69. The Labute approximate surface area is 121 Å². The fraction of sp³-hybridized carbons (Fsp3) is 0.700. The van der Waals surface area contributed by atoms with Gasteiger partial charge in [0, 0.05) is 14.1 Å². The summed E-state index contributed by atoms with van der Waals surface area (Å²) in [5.41, 5.74) is 0. The summed E-state index contributed by atoms with van der Waals surface area (Å²) in [7, 11) is 3.29. The van der Waals surface area contributed by atoms with Crippen LogP contribution in [-0.2, 0) is 4.74 Å². The van der Waals surface area contributed by atoms with Crippen LogP contribution >= 0.6 is 12.4 Å². The second-order valence-electron chi connectivity index (χ2n) is 4.10. The van der Waals surface area contributed by atoms with E-state index in [2.05, 4.69) is 20.4 Å². The first-order valence-electron chi connectivity index (χ1n) is 5.80. The molecule has 4 N–H and O–H groups in total. The quantitative estimate of drug-likeness (QED) is 0.372. The Balaban J connectivity index is 0.00000200. The molecule has 0 aromatic carbocycles. The molecule has 0 aliphatic carbocycles. The summed E-state index contributed by atoms with van der Waals surface area (Å²) in [6, 6.07) is 0. The third-order valence-electron chi connectivity index (χ3n) is 2.96. The second-order valence-corrected chi connectivity index (χ2v) is 4.10. The minimum absolute atomic E-state index is 0. The van der Waals surface area contributed by atoms with Gasteiger partial charge in [0.2, 0.25) is 5.82 Å². The lowest BCUT2D eigenvalue weighted by Gasteiger charge is -2.13. The van der Waals surface area contributed by atoms with E-state index in [1.54, 1.807) is 14.1 Å². The molecule has 0 spiro atoms. The minimum Gasteiger partial charge on any atom is -0.394 e. The monoisotopic (exact) mass is 307 g/mol. The number of hydrogen-bond donors (Lipinski definition) is 4. The molecule has 1 aromatic rings. The third-order valence-corrected chi connectivity index (χ3v) is 2.96. The molecule has 0 saturated carbocycles. The molecule has 0 unspecified atom stereocenters. The number of nitrogens with zero attached hydrogens (tertiary/aromatic N) is 4. The summed E-state index contributed by atoms with van der Waals surface area (Å²) in [6.45, 7) is -0.380. The van der Waals surface area contributed by atoms with Crippen LogP contribution in [0.15, 0.2) is 11.3 Å². The second kappa shape index (κ2) is 6.95. The highest BCUT2D eigenvalue weighted by Gasteiger charge is 2.43. The van der Waals surface area contributed by atoms with Gasteiger partial charge < -0.3 is 25.4 Å². The molecule has 2 heterocycles. The molecule has 1 aromatic heterocycles. The van der Waals surface area contributed by atoms with Crippen molar-refractivity contribution in [2.24, 2.45) is 4.99 Å². The van der Waals surface area contributed by atoms with Gasteiger partial charge >= 0.3 is 0 Å². The predicted molar refractivity (Wildman–Crippen MR) is 71.8 cm³/mol. The molecule has 1 fully saturated rings. The van der Waals surface area contributed by atoms with Crippen molar-refractivity contribution < 1.29 is 20.1 Å². The van der Waals surface area contributed by atoms with Crippen LogP contribution in [0.2, 0.25) is 0 Å². The molecular weight excluding hydrogens is 290 g/mol. The summed E-state index contributed by atoms with van der Waals surface area (Å²) < 4.78 is 6.62. The first-order valence-corrected chi connectivity index (χ1v) is 5.80. The molecule has 1 aliphatic heterocycles. The van der Waals surface area contributed by atoms with Crippen molar-refractivity contribution in [3.8, 4) is 0 Å². The Bertz CT molecular complexity index is 468. The number of aliphatic hydroxyl groups excluding tert-OH is 3. The van der Waals surface area contributed by atoms with Crippen LogP contribution in [0.5, 0.6) is 0 Å². The maximum atomic E-state index is 9.85. The van der Waals surface area contributed by atoms with Crippen molar-refractivity contribution in [2.45, 2.75) is 24.5 Å².